The first-order valence-corrected chi connectivity index (χ1v) is 6.24. The first-order chi connectivity index (χ1) is 8.61. The van der Waals surface area contributed by atoms with Crippen molar-refractivity contribution >= 4 is 23.2 Å². The highest BCUT2D eigenvalue weighted by molar-refractivity contribution is 7.80. The van der Waals surface area contributed by atoms with Crippen molar-refractivity contribution in [1.82, 2.24) is 10.2 Å². The van der Waals surface area contributed by atoms with E-state index in [4.69, 9.17) is 27.4 Å². The summed E-state index contributed by atoms with van der Waals surface area (Å²) in [6.45, 7) is 4.47. The monoisotopic (exact) mass is 273 g/mol. The Labute approximate surface area is 112 Å². The van der Waals surface area contributed by atoms with Crippen molar-refractivity contribution in [3.8, 4) is 0 Å². The summed E-state index contributed by atoms with van der Waals surface area (Å²) in [6, 6.07) is 0. The highest BCUT2D eigenvalue weighted by Crippen LogP contribution is 2.11. The number of nitrogens with one attached hydrogen (secondary N) is 1. The molecule has 1 aliphatic rings. The van der Waals surface area contributed by atoms with E-state index in [-0.39, 0.29) is 17.2 Å². The summed E-state index contributed by atoms with van der Waals surface area (Å²) in [4.78, 5) is 14.0. The third kappa shape index (κ3) is 3.58. The van der Waals surface area contributed by atoms with Crippen LogP contribution in [0.2, 0.25) is 0 Å². The lowest BCUT2D eigenvalue weighted by Gasteiger charge is -2.30. The van der Waals surface area contributed by atoms with Gasteiger partial charge in [0.05, 0.1) is 19.8 Å². The Bertz CT molecular complexity index is 351. The molecular weight excluding hydrogens is 254 g/mol. The second kappa shape index (κ2) is 7.17. The molecule has 1 saturated heterocycles. The molecule has 1 rings (SSSR count). The van der Waals surface area contributed by atoms with E-state index in [0.717, 1.165) is 0 Å². The van der Waals surface area contributed by atoms with E-state index in [0.29, 0.717) is 32.1 Å². The highest BCUT2D eigenvalue weighted by atomic mass is 32.1. The van der Waals surface area contributed by atoms with Gasteiger partial charge in [0.25, 0.3) is 0 Å². The predicted molar refractivity (Wildman–Crippen MR) is 71.9 cm³/mol. The molecule has 102 valence electrons. The SMILES string of the molecule is CCOC(=O)/C(C(=S)NC)=C(/N)N1CCOCC1. The average molecular weight is 273 g/mol. The number of carbonyl (C=O) groups is 1. The van der Waals surface area contributed by atoms with Crippen LogP contribution in [0.15, 0.2) is 11.4 Å². The van der Waals surface area contributed by atoms with Gasteiger partial charge in [-0.15, -0.1) is 0 Å². The molecule has 0 radical (unpaired) electrons. The standard InChI is InChI=1S/C11H19N3O3S/c1-3-17-11(15)8(10(18)13-2)9(12)14-4-6-16-7-5-14/h3-7,12H2,1-2H3,(H,13,18)/b9-8-. The number of carbonyl (C=O) groups excluding carboxylic acids is 1. The number of rotatable bonds is 4. The molecule has 0 unspecified atom stereocenters. The fourth-order valence-electron chi connectivity index (χ4n) is 1.60. The number of ether oxygens (including phenoxy) is 2. The van der Waals surface area contributed by atoms with Gasteiger partial charge in [-0.05, 0) is 6.92 Å². The lowest BCUT2D eigenvalue weighted by atomic mass is 10.2. The van der Waals surface area contributed by atoms with E-state index >= 15 is 0 Å². The molecule has 0 saturated carbocycles. The Morgan fingerprint density at radius 2 is 2.11 bits per heavy atom. The van der Waals surface area contributed by atoms with E-state index < -0.39 is 5.97 Å². The van der Waals surface area contributed by atoms with Crippen LogP contribution in [-0.4, -0.2) is 55.8 Å². The quantitative estimate of drug-likeness (QED) is 0.410. The van der Waals surface area contributed by atoms with Crippen LogP contribution in [0.5, 0.6) is 0 Å². The number of hydrogen-bond donors (Lipinski definition) is 2. The minimum atomic E-state index is -0.499. The van der Waals surface area contributed by atoms with Crippen molar-refractivity contribution in [2.75, 3.05) is 40.0 Å². The van der Waals surface area contributed by atoms with Crippen molar-refractivity contribution in [3.63, 3.8) is 0 Å². The summed E-state index contributed by atoms with van der Waals surface area (Å²) in [5.41, 5.74) is 6.24. The Hall–Kier alpha value is -1.34. The van der Waals surface area contributed by atoms with Crippen LogP contribution in [-0.2, 0) is 14.3 Å². The number of thiocarbonyl (C=S) groups is 1. The summed E-state index contributed by atoms with van der Waals surface area (Å²) in [5.74, 6) is -0.156. The van der Waals surface area contributed by atoms with Gasteiger partial charge in [-0.2, -0.15) is 0 Å². The molecule has 0 aromatic rings. The molecule has 0 spiro atoms. The van der Waals surface area contributed by atoms with Crippen molar-refractivity contribution in [1.29, 1.82) is 0 Å². The first kappa shape index (κ1) is 14.7. The van der Waals surface area contributed by atoms with Crippen molar-refractivity contribution in [2.45, 2.75) is 6.92 Å². The van der Waals surface area contributed by atoms with E-state index in [1.54, 1.807) is 14.0 Å². The molecule has 3 N–H and O–H groups in total. The van der Waals surface area contributed by atoms with Crippen LogP contribution in [0.25, 0.3) is 0 Å². The van der Waals surface area contributed by atoms with E-state index in [2.05, 4.69) is 5.32 Å². The van der Waals surface area contributed by atoms with Gasteiger partial charge in [0.1, 0.15) is 16.4 Å². The van der Waals surface area contributed by atoms with E-state index in [9.17, 15) is 4.79 Å². The zero-order valence-corrected chi connectivity index (χ0v) is 11.5. The molecule has 0 amide bonds. The number of nitrogens with zero attached hydrogens (tertiary/aromatic N) is 1. The topological polar surface area (TPSA) is 76.8 Å². The zero-order valence-electron chi connectivity index (χ0n) is 10.7. The van der Waals surface area contributed by atoms with Crippen LogP contribution < -0.4 is 11.1 Å². The third-order valence-electron chi connectivity index (χ3n) is 2.54. The van der Waals surface area contributed by atoms with Gasteiger partial charge in [-0.25, -0.2) is 4.79 Å². The smallest absolute Gasteiger partial charge is 0.344 e. The van der Waals surface area contributed by atoms with Crippen molar-refractivity contribution in [2.24, 2.45) is 5.73 Å². The normalized spacial score (nSPS) is 16.9. The number of hydrogen-bond acceptors (Lipinski definition) is 6. The first-order valence-electron chi connectivity index (χ1n) is 5.83. The summed E-state index contributed by atoms with van der Waals surface area (Å²) in [5, 5.41) is 2.76. The Morgan fingerprint density at radius 3 is 2.61 bits per heavy atom. The van der Waals surface area contributed by atoms with Crippen LogP contribution in [0.3, 0.4) is 0 Å². The fraction of sp³-hybridized carbons (Fsp3) is 0.636. The number of likely N-dealkylation sites (N-methyl/N-ethyl adjacent to an activating group) is 1. The average Bonchev–Trinajstić information content (AvgIpc) is 2.40. The summed E-state index contributed by atoms with van der Waals surface area (Å²) >= 11 is 5.10. The molecule has 0 aromatic carbocycles. The van der Waals surface area contributed by atoms with Crippen molar-refractivity contribution < 1.29 is 14.3 Å². The van der Waals surface area contributed by atoms with Gasteiger partial charge in [-0.1, -0.05) is 12.2 Å². The predicted octanol–water partition coefficient (Wildman–Crippen LogP) is -0.401. The maximum Gasteiger partial charge on any atom is 0.344 e. The van der Waals surface area contributed by atoms with Gasteiger partial charge >= 0.3 is 5.97 Å². The second-order valence-corrected chi connectivity index (χ2v) is 4.07. The van der Waals surface area contributed by atoms with Crippen LogP contribution >= 0.6 is 12.2 Å². The molecule has 0 bridgehead atoms. The maximum atomic E-state index is 11.9. The lowest BCUT2D eigenvalue weighted by molar-refractivity contribution is -0.138. The molecule has 1 heterocycles. The minimum absolute atomic E-state index is 0.219. The molecule has 7 heteroatoms. The van der Waals surface area contributed by atoms with Crippen LogP contribution in [0.4, 0.5) is 0 Å². The van der Waals surface area contributed by atoms with Gasteiger partial charge in [0.15, 0.2) is 0 Å². The van der Waals surface area contributed by atoms with Crippen LogP contribution in [0.1, 0.15) is 6.92 Å². The Balaban J connectivity index is 2.97. The highest BCUT2D eigenvalue weighted by Gasteiger charge is 2.23. The van der Waals surface area contributed by atoms with Crippen molar-refractivity contribution in [3.05, 3.63) is 11.4 Å². The third-order valence-corrected chi connectivity index (χ3v) is 2.95. The molecule has 0 aliphatic carbocycles. The minimum Gasteiger partial charge on any atom is -0.462 e. The second-order valence-electron chi connectivity index (χ2n) is 3.66. The molecule has 0 aromatic heterocycles. The number of morpholine rings is 1. The molecule has 1 fully saturated rings. The zero-order chi connectivity index (χ0) is 13.5. The largest absolute Gasteiger partial charge is 0.462 e. The summed E-state index contributed by atoms with van der Waals surface area (Å²) in [6.07, 6.45) is 0. The fourth-order valence-corrected chi connectivity index (χ4v) is 1.79. The van der Waals surface area contributed by atoms with Gasteiger partial charge < -0.3 is 25.4 Å². The van der Waals surface area contributed by atoms with Gasteiger partial charge in [-0.3, -0.25) is 0 Å². The molecule has 1 aliphatic heterocycles. The summed E-state index contributed by atoms with van der Waals surface area (Å²) in [7, 11) is 1.65. The lowest BCUT2D eigenvalue weighted by Crippen LogP contribution is -2.41. The maximum absolute atomic E-state index is 11.9. The molecule has 6 nitrogen and oxygen atoms in total. The van der Waals surface area contributed by atoms with Crippen LogP contribution in [0, 0.1) is 0 Å². The molecular formula is C11H19N3O3S. The molecule has 0 atom stereocenters. The van der Waals surface area contributed by atoms with Gasteiger partial charge in [0.2, 0.25) is 0 Å². The van der Waals surface area contributed by atoms with E-state index in [1.807, 2.05) is 4.90 Å². The number of nitrogens with two attached hydrogens (primary N) is 1. The molecule has 18 heavy (non-hydrogen) atoms. The Morgan fingerprint density at radius 1 is 1.50 bits per heavy atom. The summed E-state index contributed by atoms with van der Waals surface area (Å²) < 4.78 is 10.2. The van der Waals surface area contributed by atoms with Gasteiger partial charge in [0, 0.05) is 20.1 Å². The number of esters is 1. The Kier molecular flexibility index (Phi) is 5.87. The van der Waals surface area contributed by atoms with E-state index in [1.165, 1.54) is 0 Å².